The number of benzene rings is 1. The van der Waals surface area contributed by atoms with E-state index in [9.17, 15) is 4.79 Å². The molecule has 0 saturated heterocycles. The molecule has 1 N–H and O–H groups in total. The van der Waals surface area contributed by atoms with Crippen molar-refractivity contribution in [2.24, 2.45) is 5.92 Å². The van der Waals surface area contributed by atoms with Crippen LogP contribution < -0.4 is 22.0 Å². The van der Waals surface area contributed by atoms with Crippen molar-refractivity contribution in [1.29, 1.82) is 0 Å². The summed E-state index contributed by atoms with van der Waals surface area (Å²) in [6.45, 7) is 12.5. The van der Waals surface area contributed by atoms with Gasteiger partial charge in [0.25, 0.3) is 0 Å². The number of hydrogen-bond donors (Lipinski definition) is 1. The summed E-state index contributed by atoms with van der Waals surface area (Å²) in [5.41, 5.74) is 0.790. The Balaban J connectivity index is 0.00000441. The maximum absolute atomic E-state index is 12.1. The third-order valence-electron chi connectivity index (χ3n) is 3.85. The molecule has 0 spiro atoms. The van der Waals surface area contributed by atoms with E-state index in [1.165, 1.54) is 4.90 Å². The van der Waals surface area contributed by atoms with E-state index < -0.39 is 0 Å². The van der Waals surface area contributed by atoms with E-state index >= 15 is 0 Å². The molecule has 0 saturated carbocycles. The molecule has 1 aromatic rings. The van der Waals surface area contributed by atoms with Crippen molar-refractivity contribution in [2.45, 2.75) is 40.5 Å². The molecule has 126 valence electrons. The molecule has 0 radical (unpaired) electrons. The molecule has 4 heteroatoms. The van der Waals surface area contributed by atoms with Gasteiger partial charge in [-0.1, -0.05) is 13.8 Å². The largest absolute Gasteiger partial charge is 1.00 e. The van der Waals surface area contributed by atoms with Crippen molar-refractivity contribution in [1.82, 2.24) is 0 Å². The van der Waals surface area contributed by atoms with Crippen LogP contribution in [0.15, 0.2) is 24.3 Å². The predicted molar refractivity (Wildman–Crippen MR) is 87.3 cm³/mol. The second-order valence-corrected chi connectivity index (χ2v) is 5.94. The number of ether oxygens (including phenoxy) is 1. The van der Waals surface area contributed by atoms with Crippen LogP contribution in [0.2, 0.25) is 0 Å². The number of carbonyl (C=O) groups excluding carboxylic acids is 1. The van der Waals surface area contributed by atoms with Crippen molar-refractivity contribution in [3.05, 3.63) is 29.8 Å². The van der Waals surface area contributed by atoms with Gasteiger partial charge >= 0.3 is 0 Å². The molecule has 22 heavy (non-hydrogen) atoms. The number of hydrogen-bond acceptors (Lipinski definition) is 2. The van der Waals surface area contributed by atoms with Gasteiger partial charge in [-0.2, -0.15) is 0 Å². The van der Waals surface area contributed by atoms with Crippen LogP contribution in [0.1, 0.15) is 50.9 Å². The number of nitrogens with one attached hydrogen (secondary N) is 1. The highest BCUT2D eigenvalue weighted by Gasteiger charge is 2.10. The Morgan fingerprint density at radius 3 is 2.23 bits per heavy atom. The van der Waals surface area contributed by atoms with Crippen LogP contribution in [-0.2, 0) is 0 Å². The van der Waals surface area contributed by atoms with Gasteiger partial charge in [0.1, 0.15) is 5.75 Å². The molecule has 0 heterocycles. The molecule has 0 aliphatic rings. The number of Topliss-reactive ketones (excluding diaryl/α,β-unsaturated/α-hetero) is 1. The number of carbonyl (C=O) groups is 1. The molecule has 0 aliphatic carbocycles. The summed E-state index contributed by atoms with van der Waals surface area (Å²) >= 11 is 0. The lowest BCUT2D eigenvalue weighted by molar-refractivity contribution is -0.895. The summed E-state index contributed by atoms with van der Waals surface area (Å²) in [5.74, 6) is 1.72. The van der Waals surface area contributed by atoms with Gasteiger partial charge in [-0.25, -0.2) is 0 Å². The standard InChI is InChI=1S/C18H29NO2.ClH/c1-5-19(6-2)13-11-18(20)16-7-9-17(10-8-16)21-14-12-15(3)4;/h7-10,15H,5-6,11-14H2,1-4H3;1H. The lowest BCUT2D eigenvalue weighted by Gasteiger charge is -2.14. The fraction of sp³-hybridized carbons (Fsp3) is 0.611. The Bertz CT molecular complexity index is 414. The van der Waals surface area contributed by atoms with Crippen molar-refractivity contribution >= 4 is 5.78 Å². The number of quaternary nitrogens is 1. The van der Waals surface area contributed by atoms with Gasteiger partial charge in [0.15, 0.2) is 5.78 Å². The molecule has 1 aromatic carbocycles. The van der Waals surface area contributed by atoms with Crippen LogP contribution in [0.3, 0.4) is 0 Å². The minimum atomic E-state index is 0. The van der Waals surface area contributed by atoms with Gasteiger partial charge in [-0.15, -0.1) is 0 Å². The minimum absolute atomic E-state index is 0. The molecule has 0 atom stereocenters. The first-order valence-corrected chi connectivity index (χ1v) is 8.16. The minimum Gasteiger partial charge on any atom is -1.00 e. The second kappa shape index (κ2) is 11.5. The van der Waals surface area contributed by atoms with Gasteiger partial charge < -0.3 is 22.0 Å². The summed E-state index contributed by atoms with van der Waals surface area (Å²) in [4.78, 5) is 13.6. The molecule has 0 aromatic heterocycles. The lowest BCUT2D eigenvalue weighted by atomic mass is 10.1. The first-order valence-electron chi connectivity index (χ1n) is 8.16. The average molecular weight is 328 g/mol. The molecule has 0 aliphatic heterocycles. The van der Waals surface area contributed by atoms with Crippen LogP contribution in [0.25, 0.3) is 0 Å². The highest BCUT2D eigenvalue weighted by Crippen LogP contribution is 2.14. The highest BCUT2D eigenvalue weighted by molar-refractivity contribution is 5.96. The number of rotatable bonds is 10. The second-order valence-electron chi connectivity index (χ2n) is 5.94. The molecular weight excluding hydrogens is 298 g/mol. The third kappa shape index (κ3) is 7.81. The molecular formula is C18H30ClNO2. The van der Waals surface area contributed by atoms with Crippen LogP contribution in [0.5, 0.6) is 5.75 Å². The fourth-order valence-corrected chi connectivity index (χ4v) is 2.19. The Morgan fingerprint density at radius 2 is 1.73 bits per heavy atom. The SMILES string of the molecule is CC[NH+](CC)CCC(=O)c1ccc(OCCC(C)C)cc1.[Cl-]. The van der Waals surface area contributed by atoms with Crippen molar-refractivity contribution < 1.29 is 26.8 Å². The Kier molecular flexibility index (Phi) is 10.9. The zero-order valence-electron chi connectivity index (χ0n) is 14.3. The van der Waals surface area contributed by atoms with Gasteiger partial charge in [-0.3, -0.25) is 4.79 Å². The maximum atomic E-state index is 12.1. The summed E-state index contributed by atoms with van der Waals surface area (Å²) in [7, 11) is 0. The van der Waals surface area contributed by atoms with E-state index in [0.717, 1.165) is 44.0 Å². The molecule has 0 amide bonds. The van der Waals surface area contributed by atoms with Gasteiger partial charge in [0.05, 0.1) is 32.7 Å². The predicted octanol–water partition coefficient (Wildman–Crippen LogP) is -0.387. The molecule has 1 rings (SSSR count). The normalized spacial score (nSPS) is 10.6. The molecule has 3 nitrogen and oxygen atoms in total. The van der Waals surface area contributed by atoms with Gasteiger partial charge in [0, 0.05) is 5.56 Å². The quantitative estimate of drug-likeness (QED) is 0.594. The van der Waals surface area contributed by atoms with E-state index in [0.29, 0.717) is 12.3 Å². The van der Waals surface area contributed by atoms with E-state index in [4.69, 9.17) is 4.74 Å². The maximum Gasteiger partial charge on any atom is 0.168 e. The van der Waals surface area contributed by atoms with Crippen molar-refractivity contribution in [2.75, 3.05) is 26.2 Å². The Hall–Kier alpha value is -1.06. The average Bonchev–Trinajstić information content (AvgIpc) is 2.48. The van der Waals surface area contributed by atoms with Crippen LogP contribution >= 0.6 is 0 Å². The van der Waals surface area contributed by atoms with Crippen LogP contribution in [-0.4, -0.2) is 32.0 Å². The van der Waals surface area contributed by atoms with Gasteiger partial charge in [0.2, 0.25) is 0 Å². The summed E-state index contributed by atoms with van der Waals surface area (Å²) in [5, 5.41) is 0. The monoisotopic (exact) mass is 327 g/mol. The Morgan fingerprint density at radius 1 is 1.14 bits per heavy atom. The zero-order chi connectivity index (χ0) is 15.7. The first-order chi connectivity index (χ1) is 10.1. The summed E-state index contributed by atoms with van der Waals surface area (Å²) in [6, 6.07) is 7.56. The van der Waals surface area contributed by atoms with Crippen molar-refractivity contribution in [3.8, 4) is 5.75 Å². The highest BCUT2D eigenvalue weighted by atomic mass is 35.5. The summed E-state index contributed by atoms with van der Waals surface area (Å²) in [6.07, 6.45) is 1.66. The number of ketones is 1. The van der Waals surface area contributed by atoms with Crippen LogP contribution in [0.4, 0.5) is 0 Å². The Labute approximate surface area is 141 Å². The zero-order valence-corrected chi connectivity index (χ0v) is 15.1. The fourth-order valence-electron chi connectivity index (χ4n) is 2.19. The lowest BCUT2D eigenvalue weighted by Crippen LogP contribution is -3.11. The topological polar surface area (TPSA) is 30.7 Å². The van der Waals surface area contributed by atoms with E-state index in [2.05, 4.69) is 27.7 Å². The summed E-state index contributed by atoms with van der Waals surface area (Å²) < 4.78 is 5.67. The third-order valence-corrected chi connectivity index (χ3v) is 3.85. The first kappa shape index (κ1) is 20.9. The smallest absolute Gasteiger partial charge is 0.168 e. The van der Waals surface area contributed by atoms with E-state index in [1.54, 1.807) is 0 Å². The van der Waals surface area contributed by atoms with Crippen molar-refractivity contribution in [3.63, 3.8) is 0 Å². The number of halogens is 1. The molecule has 0 bridgehead atoms. The molecule has 0 fully saturated rings. The van der Waals surface area contributed by atoms with E-state index in [1.807, 2.05) is 24.3 Å². The van der Waals surface area contributed by atoms with Crippen LogP contribution in [0, 0.1) is 5.92 Å². The molecule has 0 unspecified atom stereocenters. The van der Waals surface area contributed by atoms with Gasteiger partial charge in [-0.05, 0) is 50.5 Å². The van der Waals surface area contributed by atoms with E-state index in [-0.39, 0.29) is 18.2 Å².